The van der Waals surface area contributed by atoms with Crippen LogP contribution in [0.3, 0.4) is 0 Å². The topological polar surface area (TPSA) is 64.6 Å². The molecule has 0 aliphatic carbocycles. The number of ether oxygens (including phenoxy) is 2. The van der Waals surface area contributed by atoms with Crippen LogP contribution in [0.25, 0.3) is 6.08 Å². The van der Waals surface area contributed by atoms with Crippen LogP contribution in [0.2, 0.25) is 0 Å². The molecule has 3 rings (SSSR count). The van der Waals surface area contributed by atoms with E-state index in [0.717, 1.165) is 33.7 Å². The molecule has 2 aromatic rings. The van der Waals surface area contributed by atoms with Gasteiger partial charge in [0.05, 0.1) is 13.2 Å². The highest BCUT2D eigenvalue weighted by atomic mass is 16.5. The fourth-order valence-electron chi connectivity index (χ4n) is 4.06. The van der Waals surface area contributed by atoms with Crippen LogP contribution in [0.4, 0.5) is 5.69 Å². The SMILES string of the molecule is CCOC(=O)/C=C/c1c(C)c(NC=O)c(C)c2c1OCC2c1ccc(C(C)C)cc1. The van der Waals surface area contributed by atoms with Gasteiger partial charge < -0.3 is 14.8 Å². The molecule has 0 aromatic heterocycles. The lowest BCUT2D eigenvalue weighted by molar-refractivity contribution is -0.137. The highest BCUT2D eigenvalue weighted by Crippen LogP contribution is 2.47. The molecule has 0 radical (unpaired) electrons. The van der Waals surface area contributed by atoms with Crippen molar-refractivity contribution >= 4 is 24.1 Å². The summed E-state index contributed by atoms with van der Waals surface area (Å²) in [6.07, 6.45) is 3.80. The summed E-state index contributed by atoms with van der Waals surface area (Å²) >= 11 is 0. The van der Waals surface area contributed by atoms with Gasteiger partial charge in [-0.05, 0) is 55.0 Å². The number of carbonyl (C=O) groups is 2. The Kier molecular flexibility index (Phi) is 6.60. The molecule has 0 saturated carbocycles. The molecule has 0 spiro atoms. The number of benzene rings is 2. The average Bonchev–Trinajstić information content (AvgIpc) is 3.16. The Morgan fingerprint density at radius 2 is 1.93 bits per heavy atom. The van der Waals surface area contributed by atoms with E-state index in [4.69, 9.17) is 9.47 Å². The highest BCUT2D eigenvalue weighted by Gasteiger charge is 2.32. The first kappa shape index (κ1) is 21.6. The lowest BCUT2D eigenvalue weighted by Crippen LogP contribution is -2.07. The summed E-state index contributed by atoms with van der Waals surface area (Å²) in [4.78, 5) is 23.1. The number of amides is 1. The van der Waals surface area contributed by atoms with Crippen LogP contribution >= 0.6 is 0 Å². The summed E-state index contributed by atoms with van der Waals surface area (Å²) in [5.74, 6) is 0.886. The number of hydrogen-bond acceptors (Lipinski definition) is 4. The van der Waals surface area contributed by atoms with Crippen molar-refractivity contribution in [2.45, 2.75) is 46.5 Å². The number of fused-ring (bicyclic) bond motifs is 1. The monoisotopic (exact) mass is 407 g/mol. The first-order valence-electron chi connectivity index (χ1n) is 10.3. The van der Waals surface area contributed by atoms with Crippen molar-refractivity contribution in [1.29, 1.82) is 0 Å². The predicted molar refractivity (Wildman–Crippen MR) is 119 cm³/mol. The molecule has 1 atom stereocenters. The van der Waals surface area contributed by atoms with Crippen molar-refractivity contribution in [3.63, 3.8) is 0 Å². The van der Waals surface area contributed by atoms with E-state index >= 15 is 0 Å². The number of esters is 1. The molecule has 5 heteroatoms. The molecule has 2 aromatic carbocycles. The Morgan fingerprint density at radius 3 is 2.53 bits per heavy atom. The average molecular weight is 408 g/mol. The van der Waals surface area contributed by atoms with E-state index in [9.17, 15) is 9.59 Å². The molecule has 5 nitrogen and oxygen atoms in total. The Morgan fingerprint density at radius 1 is 1.23 bits per heavy atom. The second kappa shape index (κ2) is 9.16. The van der Waals surface area contributed by atoms with Crippen LogP contribution in [-0.2, 0) is 14.3 Å². The van der Waals surface area contributed by atoms with Crippen molar-refractivity contribution in [1.82, 2.24) is 0 Å². The molecule has 1 unspecified atom stereocenters. The van der Waals surface area contributed by atoms with E-state index in [1.807, 2.05) is 13.8 Å². The summed E-state index contributed by atoms with van der Waals surface area (Å²) in [5.41, 5.74) is 6.89. The smallest absolute Gasteiger partial charge is 0.330 e. The molecule has 1 aliphatic rings. The van der Waals surface area contributed by atoms with Gasteiger partial charge in [0.1, 0.15) is 5.75 Å². The highest BCUT2D eigenvalue weighted by molar-refractivity contribution is 5.90. The van der Waals surface area contributed by atoms with E-state index in [1.54, 1.807) is 13.0 Å². The van der Waals surface area contributed by atoms with Gasteiger partial charge in [0, 0.05) is 28.8 Å². The summed E-state index contributed by atoms with van der Waals surface area (Å²) < 4.78 is 11.1. The fraction of sp³-hybridized carbons (Fsp3) is 0.360. The van der Waals surface area contributed by atoms with Gasteiger partial charge in [0.25, 0.3) is 0 Å². The van der Waals surface area contributed by atoms with Crippen LogP contribution in [-0.4, -0.2) is 25.6 Å². The molecule has 1 amide bonds. The van der Waals surface area contributed by atoms with E-state index in [0.29, 0.717) is 25.5 Å². The number of rotatable bonds is 7. The lowest BCUT2D eigenvalue weighted by atomic mass is 9.85. The zero-order chi connectivity index (χ0) is 21.8. The van der Waals surface area contributed by atoms with Crippen LogP contribution in [0.5, 0.6) is 5.75 Å². The van der Waals surface area contributed by atoms with Crippen LogP contribution in [0, 0.1) is 13.8 Å². The molecular formula is C25H29NO4. The standard InChI is InChI=1S/C25H29NO4/c1-6-29-22(28)12-11-20-16(4)24(26-14-27)17(5)23-21(13-30-25(20)23)19-9-7-18(8-10-19)15(2)3/h7-12,14-15,21H,6,13H2,1-5H3,(H,26,27)/b12-11+. The normalized spacial score (nSPS) is 15.2. The van der Waals surface area contributed by atoms with E-state index in [1.165, 1.54) is 17.2 Å². The van der Waals surface area contributed by atoms with Gasteiger partial charge in [-0.3, -0.25) is 4.79 Å². The summed E-state index contributed by atoms with van der Waals surface area (Å²) in [6.45, 7) is 10.9. The van der Waals surface area contributed by atoms with Crippen molar-refractivity contribution in [2.24, 2.45) is 0 Å². The van der Waals surface area contributed by atoms with Gasteiger partial charge >= 0.3 is 5.97 Å². The zero-order valence-electron chi connectivity index (χ0n) is 18.2. The van der Waals surface area contributed by atoms with E-state index in [2.05, 4.69) is 43.4 Å². The van der Waals surface area contributed by atoms with Crippen LogP contribution in [0.1, 0.15) is 66.0 Å². The Hall–Kier alpha value is -3.08. The molecule has 0 saturated heterocycles. The third kappa shape index (κ3) is 4.11. The molecule has 158 valence electrons. The number of nitrogens with one attached hydrogen (secondary N) is 1. The lowest BCUT2D eigenvalue weighted by Gasteiger charge is -2.19. The van der Waals surface area contributed by atoms with Gasteiger partial charge in [0.2, 0.25) is 6.41 Å². The maximum atomic E-state index is 11.9. The van der Waals surface area contributed by atoms with Crippen LogP contribution in [0.15, 0.2) is 30.3 Å². The van der Waals surface area contributed by atoms with Crippen molar-refractivity contribution < 1.29 is 19.1 Å². The van der Waals surface area contributed by atoms with Crippen molar-refractivity contribution in [2.75, 3.05) is 18.5 Å². The maximum absolute atomic E-state index is 11.9. The third-order valence-electron chi connectivity index (χ3n) is 5.67. The zero-order valence-corrected chi connectivity index (χ0v) is 18.2. The van der Waals surface area contributed by atoms with Crippen molar-refractivity contribution in [3.8, 4) is 5.75 Å². The maximum Gasteiger partial charge on any atom is 0.330 e. The summed E-state index contributed by atoms with van der Waals surface area (Å²) in [6, 6.07) is 8.62. The predicted octanol–water partition coefficient (Wildman–Crippen LogP) is 5.10. The number of hydrogen-bond donors (Lipinski definition) is 1. The molecule has 0 bridgehead atoms. The molecule has 1 N–H and O–H groups in total. The van der Waals surface area contributed by atoms with E-state index in [-0.39, 0.29) is 5.92 Å². The third-order valence-corrected chi connectivity index (χ3v) is 5.67. The quantitative estimate of drug-likeness (QED) is 0.394. The first-order chi connectivity index (χ1) is 14.4. The fourth-order valence-corrected chi connectivity index (χ4v) is 4.06. The van der Waals surface area contributed by atoms with Gasteiger partial charge in [-0.15, -0.1) is 0 Å². The minimum Gasteiger partial charge on any atom is -0.492 e. The Labute approximate surface area is 178 Å². The van der Waals surface area contributed by atoms with Gasteiger partial charge in [-0.25, -0.2) is 4.79 Å². The minimum absolute atomic E-state index is 0.0590. The minimum atomic E-state index is -0.407. The number of carbonyl (C=O) groups excluding carboxylic acids is 2. The largest absolute Gasteiger partial charge is 0.492 e. The van der Waals surface area contributed by atoms with Gasteiger partial charge in [-0.1, -0.05) is 38.1 Å². The summed E-state index contributed by atoms with van der Waals surface area (Å²) in [7, 11) is 0. The second-order valence-corrected chi connectivity index (χ2v) is 7.81. The van der Waals surface area contributed by atoms with Crippen LogP contribution < -0.4 is 10.1 Å². The van der Waals surface area contributed by atoms with Crippen molar-refractivity contribution in [3.05, 3.63) is 63.7 Å². The number of anilines is 1. The van der Waals surface area contributed by atoms with Gasteiger partial charge in [0.15, 0.2) is 0 Å². The Bertz CT molecular complexity index is 974. The molecular weight excluding hydrogens is 378 g/mol. The van der Waals surface area contributed by atoms with Gasteiger partial charge in [-0.2, -0.15) is 0 Å². The second-order valence-electron chi connectivity index (χ2n) is 7.81. The molecule has 30 heavy (non-hydrogen) atoms. The molecule has 1 heterocycles. The first-order valence-corrected chi connectivity index (χ1v) is 10.3. The molecule has 1 aliphatic heterocycles. The Balaban J connectivity index is 2.11. The summed E-state index contributed by atoms with van der Waals surface area (Å²) in [5, 5.41) is 2.84. The molecule has 0 fully saturated rings. The van der Waals surface area contributed by atoms with E-state index < -0.39 is 5.97 Å².